The quantitative estimate of drug-likeness (QED) is 0.793. The van der Waals surface area contributed by atoms with E-state index in [2.05, 4.69) is 30.2 Å². The van der Waals surface area contributed by atoms with Crippen LogP contribution < -0.4 is 10.1 Å². The number of benzene rings is 1. The third-order valence-electron chi connectivity index (χ3n) is 5.80. The van der Waals surface area contributed by atoms with E-state index in [0.29, 0.717) is 17.0 Å². The molecule has 0 radical (unpaired) electrons. The summed E-state index contributed by atoms with van der Waals surface area (Å²) in [7, 11) is 0. The van der Waals surface area contributed by atoms with Gasteiger partial charge in [0.25, 0.3) is 5.91 Å². The first-order chi connectivity index (χ1) is 13.9. The van der Waals surface area contributed by atoms with Gasteiger partial charge in [-0.15, -0.1) is 0 Å². The maximum Gasteiger partial charge on any atom is 0.253 e. The molecule has 1 saturated carbocycles. The fraction of sp³-hybridized carbons (Fsp3) is 0.458. The average molecular weight is 392 g/mol. The van der Waals surface area contributed by atoms with Crippen molar-refractivity contribution in [3.8, 4) is 11.8 Å². The van der Waals surface area contributed by atoms with Gasteiger partial charge in [0.2, 0.25) is 0 Å². The Hall–Kier alpha value is -2.87. The van der Waals surface area contributed by atoms with Gasteiger partial charge in [0.15, 0.2) is 0 Å². The minimum Gasteiger partial charge on any atom is -0.490 e. The predicted molar refractivity (Wildman–Crippen MR) is 113 cm³/mol. The number of nitrogens with one attached hydrogen (secondary N) is 1. The first-order valence-corrected chi connectivity index (χ1v) is 10.3. The zero-order valence-corrected chi connectivity index (χ0v) is 17.7. The third kappa shape index (κ3) is 4.95. The van der Waals surface area contributed by atoms with Gasteiger partial charge in [0.1, 0.15) is 5.75 Å². The number of carbonyl (C=O) groups is 1. The summed E-state index contributed by atoms with van der Waals surface area (Å²) in [6.07, 6.45) is 5.38. The standard InChI is InChI=1S/C24H29N3O2/c1-15(2)22-11-5-19(14-26-22)24(28)27-20-7-9-21(10-8-20)29-23-12-6-18(13-25)16(3)17(23)4/h5-6,11-12,14-15,20-21H,7-10H2,1-4H3,(H,27,28). The molecule has 0 unspecified atom stereocenters. The molecular weight excluding hydrogens is 362 g/mol. The van der Waals surface area contributed by atoms with Crippen molar-refractivity contribution in [2.75, 3.05) is 0 Å². The lowest BCUT2D eigenvalue weighted by atomic mass is 9.92. The molecule has 2 aromatic rings. The highest BCUT2D eigenvalue weighted by Crippen LogP contribution is 2.29. The van der Waals surface area contributed by atoms with Gasteiger partial charge in [-0.2, -0.15) is 5.26 Å². The van der Waals surface area contributed by atoms with Gasteiger partial charge in [-0.05, 0) is 80.8 Å². The molecule has 1 amide bonds. The second-order valence-electron chi connectivity index (χ2n) is 8.16. The minimum atomic E-state index is -0.0595. The Balaban J connectivity index is 1.52. The van der Waals surface area contributed by atoms with E-state index >= 15 is 0 Å². The van der Waals surface area contributed by atoms with Crippen LogP contribution in [0.3, 0.4) is 0 Å². The number of aromatic nitrogens is 1. The van der Waals surface area contributed by atoms with Crippen molar-refractivity contribution < 1.29 is 9.53 Å². The Kier molecular flexibility index (Phi) is 6.53. The number of nitriles is 1. The highest BCUT2D eigenvalue weighted by atomic mass is 16.5. The highest BCUT2D eigenvalue weighted by molar-refractivity contribution is 5.94. The van der Waals surface area contributed by atoms with Crippen molar-refractivity contribution in [2.45, 2.75) is 71.4 Å². The second kappa shape index (κ2) is 9.09. The van der Waals surface area contributed by atoms with Crippen molar-refractivity contribution in [1.29, 1.82) is 5.26 Å². The molecule has 3 rings (SSSR count). The summed E-state index contributed by atoms with van der Waals surface area (Å²) in [6.45, 7) is 8.12. The predicted octanol–water partition coefficient (Wildman–Crippen LogP) is 4.81. The van der Waals surface area contributed by atoms with Crippen LogP contribution in [0, 0.1) is 25.2 Å². The molecule has 152 valence electrons. The number of nitrogens with zero attached hydrogens (tertiary/aromatic N) is 2. The number of amides is 1. The summed E-state index contributed by atoms with van der Waals surface area (Å²) >= 11 is 0. The van der Waals surface area contributed by atoms with Crippen molar-refractivity contribution in [1.82, 2.24) is 10.3 Å². The van der Waals surface area contributed by atoms with Crippen LogP contribution in [0.4, 0.5) is 0 Å². The topological polar surface area (TPSA) is 75.0 Å². The van der Waals surface area contributed by atoms with Crippen LogP contribution in [-0.2, 0) is 0 Å². The molecule has 0 saturated heterocycles. The van der Waals surface area contributed by atoms with E-state index in [1.165, 1.54) is 0 Å². The van der Waals surface area contributed by atoms with Crippen molar-refractivity contribution in [3.63, 3.8) is 0 Å². The number of pyridine rings is 1. The van der Waals surface area contributed by atoms with E-state index in [4.69, 9.17) is 10.00 Å². The maximum atomic E-state index is 12.5. The molecule has 1 aliphatic rings. The average Bonchev–Trinajstić information content (AvgIpc) is 2.73. The Morgan fingerprint density at radius 3 is 2.45 bits per heavy atom. The van der Waals surface area contributed by atoms with Gasteiger partial charge in [-0.1, -0.05) is 13.8 Å². The third-order valence-corrected chi connectivity index (χ3v) is 5.80. The zero-order chi connectivity index (χ0) is 21.0. The minimum absolute atomic E-state index is 0.0595. The maximum absolute atomic E-state index is 12.5. The molecule has 29 heavy (non-hydrogen) atoms. The molecule has 0 spiro atoms. The van der Waals surface area contributed by atoms with Crippen LogP contribution in [-0.4, -0.2) is 23.0 Å². The fourth-order valence-corrected chi connectivity index (χ4v) is 3.70. The molecule has 1 fully saturated rings. The molecule has 0 atom stereocenters. The highest BCUT2D eigenvalue weighted by Gasteiger charge is 2.24. The smallest absolute Gasteiger partial charge is 0.253 e. The number of rotatable bonds is 5. The van der Waals surface area contributed by atoms with Crippen LogP contribution >= 0.6 is 0 Å². The van der Waals surface area contributed by atoms with E-state index in [1.807, 2.05) is 38.1 Å². The Bertz CT molecular complexity index is 905. The van der Waals surface area contributed by atoms with Gasteiger partial charge in [0, 0.05) is 17.9 Å². The molecule has 5 nitrogen and oxygen atoms in total. The van der Waals surface area contributed by atoms with Crippen LogP contribution in [0.2, 0.25) is 0 Å². The first-order valence-electron chi connectivity index (χ1n) is 10.3. The van der Waals surface area contributed by atoms with Crippen LogP contribution in [0.25, 0.3) is 0 Å². The monoisotopic (exact) mass is 391 g/mol. The molecular formula is C24H29N3O2. The SMILES string of the molecule is Cc1c(C#N)ccc(OC2CCC(NC(=O)c3ccc(C(C)C)nc3)CC2)c1C. The summed E-state index contributed by atoms with van der Waals surface area (Å²) < 4.78 is 6.21. The lowest BCUT2D eigenvalue weighted by Crippen LogP contribution is -2.39. The number of ether oxygens (including phenoxy) is 1. The summed E-state index contributed by atoms with van der Waals surface area (Å²) in [6, 6.07) is 9.86. The molecule has 1 aromatic carbocycles. The van der Waals surface area contributed by atoms with Crippen molar-refractivity contribution in [2.24, 2.45) is 0 Å². The zero-order valence-electron chi connectivity index (χ0n) is 17.7. The van der Waals surface area contributed by atoms with Gasteiger partial charge >= 0.3 is 0 Å². The lowest BCUT2D eigenvalue weighted by Gasteiger charge is -2.30. The lowest BCUT2D eigenvalue weighted by molar-refractivity contribution is 0.0893. The Morgan fingerprint density at radius 2 is 1.86 bits per heavy atom. The molecule has 5 heteroatoms. The summed E-state index contributed by atoms with van der Waals surface area (Å²) in [4.78, 5) is 16.9. The van der Waals surface area contributed by atoms with Crippen molar-refractivity contribution >= 4 is 5.91 Å². The van der Waals surface area contributed by atoms with Gasteiger partial charge in [0.05, 0.1) is 23.3 Å². The van der Waals surface area contributed by atoms with E-state index in [0.717, 1.165) is 48.3 Å². The first kappa shape index (κ1) is 20.9. The normalized spacial score (nSPS) is 18.9. The summed E-state index contributed by atoms with van der Waals surface area (Å²) in [5, 5.41) is 12.3. The van der Waals surface area contributed by atoms with Gasteiger partial charge in [-0.3, -0.25) is 9.78 Å². The fourth-order valence-electron chi connectivity index (χ4n) is 3.70. The molecule has 1 N–H and O–H groups in total. The number of hydrogen-bond donors (Lipinski definition) is 1. The van der Waals surface area contributed by atoms with Crippen LogP contribution in [0.5, 0.6) is 5.75 Å². The Labute approximate surface area is 173 Å². The number of hydrogen-bond acceptors (Lipinski definition) is 4. The van der Waals surface area contributed by atoms with E-state index in [9.17, 15) is 4.79 Å². The molecule has 1 aliphatic carbocycles. The second-order valence-corrected chi connectivity index (χ2v) is 8.16. The van der Waals surface area contributed by atoms with Gasteiger partial charge in [-0.25, -0.2) is 0 Å². The molecule has 0 aliphatic heterocycles. The molecule has 0 bridgehead atoms. The summed E-state index contributed by atoms with van der Waals surface area (Å²) in [5.41, 5.74) is 4.29. The van der Waals surface area contributed by atoms with E-state index in [1.54, 1.807) is 6.20 Å². The molecule has 1 aromatic heterocycles. The Morgan fingerprint density at radius 1 is 1.14 bits per heavy atom. The van der Waals surface area contributed by atoms with Gasteiger partial charge < -0.3 is 10.1 Å². The van der Waals surface area contributed by atoms with Crippen LogP contribution in [0.1, 0.15) is 78.2 Å². The van der Waals surface area contributed by atoms with E-state index in [-0.39, 0.29) is 18.1 Å². The molecule has 1 heterocycles. The van der Waals surface area contributed by atoms with Crippen molar-refractivity contribution in [3.05, 3.63) is 58.4 Å². The largest absolute Gasteiger partial charge is 0.490 e. The summed E-state index contributed by atoms with van der Waals surface area (Å²) in [5.74, 6) is 1.15. The number of carbonyl (C=O) groups excluding carboxylic acids is 1. The van der Waals surface area contributed by atoms with E-state index < -0.39 is 0 Å². The van der Waals surface area contributed by atoms with Crippen LogP contribution in [0.15, 0.2) is 30.5 Å².